The first-order chi connectivity index (χ1) is 12.1. The van der Waals surface area contributed by atoms with Crippen molar-refractivity contribution >= 4 is 22.8 Å². The van der Waals surface area contributed by atoms with Gasteiger partial charge in [0.2, 0.25) is 0 Å². The lowest BCUT2D eigenvalue weighted by Gasteiger charge is -2.15. The number of fused-ring (bicyclic) bond motifs is 1. The zero-order chi connectivity index (χ0) is 17.8. The first-order valence-electron chi connectivity index (χ1n) is 7.97. The average molecular weight is 331 g/mol. The van der Waals surface area contributed by atoms with Gasteiger partial charge in [0.15, 0.2) is 0 Å². The zero-order valence-corrected chi connectivity index (χ0v) is 14.2. The zero-order valence-electron chi connectivity index (χ0n) is 14.2. The van der Waals surface area contributed by atoms with E-state index in [9.17, 15) is 4.39 Å². The Morgan fingerprint density at radius 2 is 2.08 bits per heavy atom. The SMILES string of the molecule is C=C(/N=C\C=C/C)c1c(-c2ccccn2)c(C)nc2ccc(F)cc12. The van der Waals surface area contributed by atoms with Crippen LogP contribution in [0.4, 0.5) is 4.39 Å². The molecule has 0 spiro atoms. The molecule has 124 valence electrons. The van der Waals surface area contributed by atoms with E-state index < -0.39 is 0 Å². The van der Waals surface area contributed by atoms with Crippen molar-refractivity contribution in [3.8, 4) is 11.3 Å². The summed E-state index contributed by atoms with van der Waals surface area (Å²) in [5.74, 6) is -0.323. The fourth-order valence-electron chi connectivity index (χ4n) is 2.77. The molecule has 0 atom stereocenters. The normalized spacial score (nSPS) is 11.6. The topological polar surface area (TPSA) is 38.1 Å². The van der Waals surface area contributed by atoms with E-state index in [1.807, 2.05) is 44.2 Å². The molecule has 0 saturated heterocycles. The molecular weight excluding hydrogens is 313 g/mol. The van der Waals surface area contributed by atoms with Crippen LogP contribution in [-0.4, -0.2) is 16.2 Å². The number of aryl methyl sites for hydroxylation is 1. The molecular formula is C21H18FN3. The third-order valence-corrected chi connectivity index (χ3v) is 3.85. The van der Waals surface area contributed by atoms with Crippen LogP contribution in [0.3, 0.4) is 0 Å². The number of hydrogen-bond acceptors (Lipinski definition) is 3. The molecule has 25 heavy (non-hydrogen) atoms. The van der Waals surface area contributed by atoms with E-state index in [1.54, 1.807) is 18.5 Å². The van der Waals surface area contributed by atoms with E-state index >= 15 is 0 Å². The Morgan fingerprint density at radius 1 is 1.24 bits per heavy atom. The standard InChI is InChI=1S/C21H18FN3/c1-4-5-11-23-14(2)20-17-13-16(22)9-10-18(17)25-15(3)21(20)19-8-6-7-12-24-19/h4-13H,2H2,1,3H3/b5-4-,23-11-. The molecule has 0 unspecified atom stereocenters. The van der Waals surface area contributed by atoms with Gasteiger partial charge in [-0.25, -0.2) is 4.39 Å². The van der Waals surface area contributed by atoms with Crippen LogP contribution in [0, 0.1) is 12.7 Å². The van der Waals surface area contributed by atoms with Gasteiger partial charge in [0.1, 0.15) is 5.82 Å². The third kappa shape index (κ3) is 3.38. The summed E-state index contributed by atoms with van der Waals surface area (Å²) in [6.07, 6.45) is 7.10. The second-order valence-electron chi connectivity index (χ2n) is 5.57. The lowest BCUT2D eigenvalue weighted by Crippen LogP contribution is -1.99. The Morgan fingerprint density at radius 3 is 2.80 bits per heavy atom. The van der Waals surface area contributed by atoms with Crippen molar-refractivity contribution in [2.75, 3.05) is 0 Å². The van der Waals surface area contributed by atoms with E-state index in [1.165, 1.54) is 12.1 Å². The monoisotopic (exact) mass is 331 g/mol. The van der Waals surface area contributed by atoms with Crippen molar-refractivity contribution in [2.45, 2.75) is 13.8 Å². The first-order valence-corrected chi connectivity index (χ1v) is 7.97. The van der Waals surface area contributed by atoms with Crippen LogP contribution in [0.2, 0.25) is 0 Å². The maximum Gasteiger partial charge on any atom is 0.123 e. The highest BCUT2D eigenvalue weighted by molar-refractivity contribution is 5.99. The van der Waals surface area contributed by atoms with Crippen LogP contribution < -0.4 is 0 Å². The van der Waals surface area contributed by atoms with Gasteiger partial charge < -0.3 is 0 Å². The number of rotatable bonds is 4. The molecule has 0 N–H and O–H groups in total. The molecule has 0 amide bonds. The molecule has 0 bridgehead atoms. The molecule has 2 heterocycles. The van der Waals surface area contributed by atoms with Crippen LogP contribution in [0.1, 0.15) is 18.2 Å². The number of aliphatic imine (C=N–C) groups is 1. The number of pyridine rings is 2. The second-order valence-corrected chi connectivity index (χ2v) is 5.57. The molecule has 3 aromatic rings. The van der Waals surface area contributed by atoms with Crippen LogP contribution in [-0.2, 0) is 0 Å². The summed E-state index contributed by atoms with van der Waals surface area (Å²) >= 11 is 0. The van der Waals surface area contributed by atoms with Gasteiger partial charge in [-0.3, -0.25) is 15.0 Å². The molecule has 0 fully saturated rings. The molecule has 2 aromatic heterocycles. The van der Waals surface area contributed by atoms with E-state index in [4.69, 9.17) is 0 Å². The Bertz CT molecular complexity index is 989. The summed E-state index contributed by atoms with van der Waals surface area (Å²) in [7, 11) is 0. The largest absolute Gasteiger partial charge is 0.257 e. The number of benzene rings is 1. The molecule has 3 nitrogen and oxygen atoms in total. The van der Waals surface area contributed by atoms with Gasteiger partial charge in [0.25, 0.3) is 0 Å². The van der Waals surface area contributed by atoms with Crippen LogP contribution in [0.15, 0.2) is 66.3 Å². The van der Waals surface area contributed by atoms with Gasteiger partial charge in [-0.2, -0.15) is 0 Å². The fourth-order valence-corrected chi connectivity index (χ4v) is 2.77. The molecule has 0 saturated carbocycles. The predicted molar refractivity (Wildman–Crippen MR) is 102 cm³/mol. The van der Waals surface area contributed by atoms with Gasteiger partial charge in [0.05, 0.1) is 16.9 Å². The summed E-state index contributed by atoms with van der Waals surface area (Å²) < 4.78 is 13.9. The maximum absolute atomic E-state index is 13.9. The Hall–Kier alpha value is -3.14. The van der Waals surface area contributed by atoms with Gasteiger partial charge >= 0.3 is 0 Å². The lowest BCUT2D eigenvalue weighted by atomic mass is 9.96. The van der Waals surface area contributed by atoms with Crippen molar-refractivity contribution in [2.24, 2.45) is 4.99 Å². The number of hydrogen-bond donors (Lipinski definition) is 0. The third-order valence-electron chi connectivity index (χ3n) is 3.85. The fraction of sp³-hybridized carbons (Fsp3) is 0.0952. The maximum atomic E-state index is 13.9. The molecule has 3 rings (SSSR count). The summed E-state index contributed by atoms with van der Waals surface area (Å²) in [5, 5.41) is 0.675. The Kier molecular flexibility index (Phi) is 4.80. The highest BCUT2D eigenvalue weighted by Crippen LogP contribution is 2.35. The number of nitrogens with zero attached hydrogens (tertiary/aromatic N) is 3. The molecule has 1 aromatic carbocycles. The van der Waals surface area contributed by atoms with Gasteiger partial charge in [0, 0.05) is 34.6 Å². The minimum absolute atomic E-state index is 0.323. The highest BCUT2D eigenvalue weighted by atomic mass is 19.1. The molecule has 0 aliphatic carbocycles. The van der Waals surface area contributed by atoms with Gasteiger partial charge in [-0.05, 0) is 50.3 Å². The molecule has 4 heteroatoms. The van der Waals surface area contributed by atoms with E-state index in [-0.39, 0.29) is 5.82 Å². The summed E-state index contributed by atoms with van der Waals surface area (Å²) in [5.41, 5.74) is 4.38. The summed E-state index contributed by atoms with van der Waals surface area (Å²) in [6, 6.07) is 10.2. The van der Waals surface area contributed by atoms with Crippen LogP contribution >= 0.6 is 0 Å². The lowest BCUT2D eigenvalue weighted by molar-refractivity contribution is 0.629. The van der Waals surface area contributed by atoms with Crippen molar-refractivity contribution < 1.29 is 4.39 Å². The average Bonchev–Trinajstić information content (AvgIpc) is 2.62. The van der Waals surface area contributed by atoms with Crippen LogP contribution in [0.5, 0.6) is 0 Å². The number of allylic oxidation sites excluding steroid dienone is 2. The van der Waals surface area contributed by atoms with Gasteiger partial charge in [-0.15, -0.1) is 0 Å². The quantitative estimate of drug-likeness (QED) is 0.603. The first kappa shape index (κ1) is 16.7. The number of halogens is 1. The Labute approximate surface area is 146 Å². The second kappa shape index (κ2) is 7.18. The molecule has 0 aliphatic heterocycles. The van der Waals surface area contributed by atoms with E-state index in [2.05, 4.69) is 21.5 Å². The minimum atomic E-state index is -0.323. The summed E-state index contributed by atoms with van der Waals surface area (Å²) in [6.45, 7) is 7.92. The minimum Gasteiger partial charge on any atom is -0.257 e. The number of aromatic nitrogens is 2. The van der Waals surface area contributed by atoms with Crippen LogP contribution in [0.25, 0.3) is 27.9 Å². The van der Waals surface area contributed by atoms with Crippen molar-refractivity contribution in [3.63, 3.8) is 0 Å². The van der Waals surface area contributed by atoms with E-state index in [0.29, 0.717) is 16.6 Å². The highest BCUT2D eigenvalue weighted by Gasteiger charge is 2.17. The van der Waals surface area contributed by atoms with Gasteiger partial charge in [-0.1, -0.05) is 18.7 Å². The molecule has 0 radical (unpaired) electrons. The molecule has 0 aliphatic rings. The van der Waals surface area contributed by atoms with Crippen molar-refractivity contribution in [3.05, 3.63) is 78.4 Å². The summed E-state index contributed by atoms with van der Waals surface area (Å²) in [4.78, 5) is 13.5. The smallest absolute Gasteiger partial charge is 0.123 e. The predicted octanol–water partition coefficient (Wildman–Crippen LogP) is 5.36. The Balaban J connectivity index is 2.35. The van der Waals surface area contributed by atoms with Crippen molar-refractivity contribution in [1.29, 1.82) is 0 Å². The van der Waals surface area contributed by atoms with E-state index in [0.717, 1.165) is 22.5 Å². The van der Waals surface area contributed by atoms with Crippen molar-refractivity contribution in [1.82, 2.24) is 9.97 Å².